The fraction of sp³-hybridized carbons (Fsp3) is 0.188. The van der Waals surface area contributed by atoms with Crippen LogP contribution in [0.1, 0.15) is 11.1 Å². The van der Waals surface area contributed by atoms with Crippen molar-refractivity contribution in [3.8, 4) is 5.75 Å². The molecule has 0 saturated carbocycles. The molecule has 4 nitrogen and oxygen atoms in total. The van der Waals surface area contributed by atoms with Gasteiger partial charge in [-0.2, -0.15) is 0 Å². The van der Waals surface area contributed by atoms with E-state index in [1.54, 1.807) is 36.4 Å². The number of anilines is 1. The summed E-state index contributed by atoms with van der Waals surface area (Å²) in [5.74, 6) is -0.0272. The molecule has 1 aliphatic heterocycles. The second kappa shape index (κ2) is 5.54. The van der Waals surface area contributed by atoms with E-state index in [0.717, 1.165) is 0 Å². The predicted octanol–water partition coefficient (Wildman–Crippen LogP) is 2.24. The molecule has 0 spiro atoms. The molecular formula is C16H14FNO3. The standard InChI is InChI=1S/C16H14FNO3/c17-13-4-2-1-3-12(13)8-18-14-7-11(9-19)5-6-15(14)21-10-16(18)20/h1-7,19H,8-10H2. The Morgan fingerprint density at radius 3 is 2.81 bits per heavy atom. The van der Waals surface area contributed by atoms with Gasteiger partial charge in [-0.3, -0.25) is 4.79 Å². The molecule has 0 fully saturated rings. The monoisotopic (exact) mass is 287 g/mol. The smallest absolute Gasteiger partial charge is 0.265 e. The number of carbonyl (C=O) groups is 1. The molecule has 2 aromatic carbocycles. The molecule has 0 saturated heterocycles. The van der Waals surface area contributed by atoms with Crippen molar-refractivity contribution in [2.75, 3.05) is 11.5 Å². The Bertz CT molecular complexity index is 687. The van der Waals surface area contributed by atoms with Crippen LogP contribution in [0.5, 0.6) is 5.75 Å². The minimum atomic E-state index is -0.350. The first kappa shape index (κ1) is 13.6. The van der Waals surface area contributed by atoms with Crippen molar-refractivity contribution in [2.24, 2.45) is 0 Å². The zero-order valence-corrected chi connectivity index (χ0v) is 11.3. The first-order chi connectivity index (χ1) is 10.2. The summed E-state index contributed by atoms with van der Waals surface area (Å²) in [7, 11) is 0. The van der Waals surface area contributed by atoms with Gasteiger partial charge < -0.3 is 14.7 Å². The lowest BCUT2D eigenvalue weighted by molar-refractivity contribution is -0.121. The number of fused-ring (bicyclic) bond motifs is 1. The van der Waals surface area contributed by atoms with Crippen LogP contribution in [0, 0.1) is 5.82 Å². The Hall–Kier alpha value is -2.40. The highest BCUT2D eigenvalue weighted by Crippen LogP contribution is 2.34. The van der Waals surface area contributed by atoms with Crippen LogP contribution in [0.3, 0.4) is 0 Å². The molecule has 3 rings (SSSR count). The largest absolute Gasteiger partial charge is 0.482 e. The van der Waals surface area contributed by atoms with E-state index >= 15 is 0 Å². The van der Waals surface area contributed by atoms with Crippen LogP contribution in [-0.4, -0.2) is 17.6 Å². The lowest BCUT2D eigenvalue weighted by atomic mass is 10.1. The number of hydrogen-bond donors (Lipinski definition) is 1. The zero-order valence-electron chi connectivity index (χ0n) is 11.3. The van der Waals surface area contributed by atoms with E-state index < -0.39 is 0 Å². The van der Waals surface area contributed by atoms with Crippen LogP contribution in [0.2, 0.25) is 0 Å². The first-order valence-electron chi connectivity index (χ1n) is 6.59. The lowest BCUT2D eigenvalue weighted by Crippen LogP contribution is -2.38. The van der Waals surface area contributed by atoms with Crippen LogP contribution in [0.4, 0.5) is 10.1 Å². The molecule has 0 bridgehead atoms. The van der Waals surface area contributed by atoms with Gasteiger partial charge in [-0.25, -0.2) is 4.39 Å². The maximum Gasteiger partial charge on any atom is 0.265 e. The summed E-state index contributed by atoms with van der Waals surface area (Å²) < 4.78 is 19.2. The SMILES string of the molecule is O=C1COc2ccc(CO)cc2N1Cc1ccccc1F. The van der Waals surface area contributed by atoms with Gasteiger partial charge >= 0.3 is 0 Å². The summed E-state index contributed by atoms with van der Waals surface area (Å²) in [5.41, 5.74) is 1.67. The van der Waals surface area contributed by atoms with Crippen LogP contribution in [0.15, 0.2) is 42.5 Å². The molecule has 1 aliphatic rings. The maximum atomic E-state index is 13.8. The second-order valence-electron chi connectivity index (χ2n) is 4.82. The molecule has 5 heteroatoms. The molecule has 0 aromatic heterocycles. The number of ether oxygens (including phenoxy) is 1. The van der Waals surface area contributed by atoms with Crippen LogP contribution >= 0.6 is 0 Å². The average Bonchev–Trinajstić information content (AvgIpc) is 2.51. The molecule has 1 N–H and O–H groups in total. The fourth-order valence-electron chi connectivity index (χ4n) is 2.32. The van der Waals surface area contributed by atoms with Crippen molar-refractivity contribution in [3.05, 3.63) is 59.4 Å². The molecule has 1 amide bonds. The van der Waals surface area contributed by atoms with Gasteiger partial charge in [0.25, 0.3) is 5.91 Å². The van der Waals surface area contributed by atoms with E-state index in [1.807, 2.05) is 0 Å². The average molecular weight is 287 g/mol. The summed E-state index contributed by atoms with van der Waals surface area (Å²) in [6.45, 7) is -0.0638. The van der Waals surface area contributed by atoms with E-state index in [0.29, 0.717) is 22.6 Å². The second-order valence-corrected chi connectivity index (χ2v) is 4.82. The zero-order chi connectivity index (χ0) is 14.8. The van der Waals surface area contributed by atoms with Gasteiger partial charge in [0.2, 0.25) is 0 Å². The number of halogens is 1. The Morgan fingerprint density at radius 2 is 2.05 bits per heavy atom. The van der Waals surface area contributed by atoms with Gasteiger partial charge in [0, 0.05) is 5.56 Å². The van der Waals surface area contributed by atoms with E-state index in [1.165, 1.54) is 11.0 Å². The van der Waals surface area contributed by atoms with Crippen molar-refractivity contribution in [1.29, 1.82) is 0 Å². The lowest BCUT2D eigenvalue weighted by Gasteiger charge is -2.30. The molecular weight excluding hydrogens is 273 g/mol. The summed E-state index contributed by atoms with van der Waals surface area (Å²) >= 11 is 0. The number of aliphatic hydroxyl groups is 1. The Balaban J connectivity index is 1.99. The quantitative estimate of drug-likeness (QED) is 0.942. The number of nitrogens with zero attached hydrogens (tertiary/aromatic N) is 1. The third-order valence-corrected chi connectivity index (χ3v) is 3.44. The van der Waals surface area contributed by atoms with Crippen LogP contribution in [0.25, 0.3) is 0 Å². The van der Waals surface area contributed by atoms with Crippen molar-refractivity contribution in [2.45, 2.75) is 13.2 Å². The first-order valence-corrected chi connectivity index (χ1v) is 6.59. The van der Waals surface area contributed by atoms with Crippen molar-refractivity contribution in [3.63, 3.8) is 0 Å². The van der Waals surface area contributed by atoms with Crippen LogP contribution < -0.4 is 9.64 Å². The molecule has 21 heavy (non-hydrogen) atoms. The highest BCUT2D eigenvalue weighted by Gasteiger charge is 2.26. The highest BCUT2D eigenvalue weighted by atomic mass is 19.1. The van der Waals surface area contributed by atoms with Crippen molar-refractivity contribution >= 4 is 11.6 Å². The number of carbonyl (C=O) groups excluding carboxylic acids is 1. The topological polar surface area (TPSA) is 49.8 Å². The van der Waals surface area contributed by atoms with Gasteiger partial charge in [0.15, 0.2) is 6.61 Å². The molecule has 1 heterocycles. The Morgan fingerprint density at radius 1 is 1.24 bits per heavy atom. The minimum Gasteiger partial charge on any atom is -0.482 e. The van der Waals surface area contributed by atoms with Gasteiger partial charge in [-0.15, -0.1) is 0 Å². The minimum absolute atomic E-state index is 0.0695. The predicted molar refractivity (Wildman–Crippen MR) is 75.4 cm³/mol. The van der Waals surface area contributed by atoms with Crippen molar-refractivity contribution in [1.82, 2.24) is 0 Å². The van der Waals surface area contributed by atoms with Gasteiger partial charge in [-0.1, -0.05) is 24.3 Å². The Labute approximate surface area is 121 Å². The molecule has 0 aliphatic carbocycles. The third-order valence-electron chi connectivity index (χ3n) is 3.44. The molecule has 2 aromatic rings. The summed E-state index contributed by atoms with van der Waals surface area (Å²) in [6, 6.07) is 11.5. The molecule has 0 radical (unpaired) electrons. The maximum absolute atomic E-state index is 13.8. The summed E-state index contributed by atoms with van der Waals surface area (Å²) in [6.07, 6.45) is 0. The van der Waals surface area contributed by atoms with E-state index in [2.05, 4.69) is 0 Å². The van der Waals surface area contributed by atoms with E-state index in [4.69, 9.17) is 4.74 Å². The fourth-order valence-corrected chi connectivity index (χ4v) is 2.32. The summed E-state index contributed by atoms with van der Waals surface area (Å²) in [5, 5.41) is 9.22. The van der Waals surface area contributed by atoms with Crippen LogP contribution in [-0.2, 0) is 17.9 Å². The van der Waals surface area contributed by atoms with E-state index in [9.17, 15) is 14.3 Å². The number of benzene rings is 2. The third kappa shape index (κ3) is 2.60. The number of rotatable bonds is 3. The molecule has 0 unspecified atom stereocenters. The van der Waals surface area contributed by atoms with Gasteiger partial charge in [0.1, 0.15) is 11.6 Å². The summed E-state index contributed by atoms with van der Waals surface area (Å²) in [4.78, 5) is 13.6. The van der Waals surface area contributed by atoms with Gasteiger partial charge in [0.05, 0.1) is 18.8 Å². The van der Waals surface area contributed by atoms with E-state index in [-0.39, 0.29) is 31.5 Å². The number of amides is 1. The Kier molecular flexibility index (Phi) is 3.58. The molecule has 0 atom stereocenters. The normalized spacial score (nSPS) is 13.8. The molecule has 108 valence electrons. The number of aliphatic hydroxyl groups excluding tert-OH is 1. The number of hydrogen-bond acceptors (Lipinski definition) is 3. The van der Waals surface area contributed by atoms with Gasteiger partial charge in [-0.05, 0) is 23.8 Å². The highest BCUT2D eigenvalue weighted by molar-refractivity contribution is 5.97. The van der Waals surface area contributed by atoms with Crippen molar-refractivity contribution < 1.29 is 19.0 Å².